The summed E-state index contributed by atoms with van der Waals surface area (Å²) in [6.45, 7) is 5.06. The van der Waals surface area contributed by atoms with Crippen molar-refractivity contribution in [1.29, 1.82) is 0 Å². The monoisotopic (exact) mass is 429 g/mol. The number of carbonyl (C=O) groups is 1. The summed E-state index contributed by atoms with van der Waals surface area (Å²) >= 11 is 7.63. The van der Waals surface area contributed by atoms with Crippen molar-refractivity contribution in [2.45, 2.75) is 19.0 Å². The van der Waals surface area contributed by atoms with Crippen LogP contribution in [0.5, 0.6) is 11.5 Å². The van der Waals surface area contributed by atoms with Crippen LogP contribution < -0.4 is 14.8 Å². The maximum atomic E-state index is 12.5. The van der Waals surface area contributed by atoms with Crippen LogP contribution in [0.3, 0.4) is 0 Å². The van der Waals surface area contributed by atoms with Crippen LogP contribution in [-0.2, 0) is 4.79 Å². The molecule has 0 fully saturated rings. The van der Waals surface area contributed by atoms with E-state index < -0.39 is 0 Å². The topological polar surface area (TPSA) is 65.4 Å². The van der Waals surface area contributed by atoms with Gasteiger partial charge in [-0.05, 0) is 31.0 Å². The van der Waals surface area contributed by atoms with E-state index >= 15 is 0 Å². The molecule has 1 amide bonds. The second-order valence-electron chi connectivity index (χ2n) is 6.68. The fraction of sp³-hybridized carbons (Fsp3) is 0.238. The first-order chi connectivity index (χ1) is 14.0. The van der Waals surface area contributed by atoms with Crippen LogP contribution in [0, 0.1) is 13.8 Å². The molecule has 0 aliphatic carbocycles. The number of ether oxygens (including phenoxy) is 2. The van der Waals surface area contributed by atoms with Crippen molar-refractivity contribution in [1.82, 2.24) is 9.55 Å². The zero-order valence-corrected chi connectivity index (χ0v) is 17.6. The number of hydrogen-bond acceptors (Lipinski definition) is 5. The van der Waals surface area contributed by atoms with Crippen LogP contribution in [0.25, 0.3) is 5.69 Å². The van der Waals surface area contributed by atoms with Crippen molar-refractivity contribution >= 4 is 35.0 Å². The molecule has 2 aromatic carbocycles. The number of anilines is 1. The molecule has 1 aromatic heterocycles. The molecule has 29 heavy (non-hydrogen) atoms. The number of hydrogen-bond donors (Lipinski definition) is 1. The summed E-state index contributed by atoms with van der Waals surface area (Å²) in [6.07, 6.45) is 3.64. The maximum Gasteiger partial charge on any atom is 0.234 e. The molecular formula is C21H20ClN3O3S. The summed E-state index contributed by atoms with van der Waals surface area (Å²) in [5, 5.41) is 4.00. The van der Waals surface area contributed by atoms with E-state index in [1.807, 2.05) is 10.8 Å². The van der Waals surface area contributed by atoms with Crippen LogP contribution in [0.2, 0.25) is 5.02 Å². The number of thioether (sulfide) groups is 1. The number of imidazole rings is 1. The van der Waals surface area contributed by atoms with Gasteiger partial charge in [-0.25, -0.2) is 4.98 Å². The Balaban J connectivity index is 1.45. The Morgan fingerprint density at radius 1 is 1.21 bits per heavy atom. The van der Waals surface area contributed by atoms with Crippen LogP contribution >= 0.6 is 23.4 Å². The average molecular weight is 430 g/mol. The van der Waals surface area contributed by atoms with Gasteiger partial charge in [0.1, 0.15) is 13.2 Å². The minimum absolute atomic E-state index is 0.177. The standard InChI is InChI=1S/C21H20ClN3O3S/c1-13-3-4-14(2)17(9-13)25-6-5-23-21(25)29-12-20(26)24-16-11-19-18(10-15(16)22)27-7-8-28-19/h3-6,9-11H,7-8,12H2,1-2H3,(H,24,26). The highest BCUT2D eigenvalue weighted by molar-refractivity contribution is 7.99. The van der Waals surface area contributed by atoms with Crippen molar-refractivity contribution in [2.75, 3.05) is 24.3 Å². The molecule has 1 aliphatic rings. The van der Waals surface area contributed by atoms with E-state index in [0.717, 1.165) is 16.4 Å². The van der Waals surface area contributed by atoms with Crippen molar-refractivity contribution in [3.05, 3.63) is 58.9 Å². The smallest absolute Gasteiger partial charge is 0.234 e. The molecule has 4 rings (SSSR count). The van der Waals surface area contributed by atoms with Crippen LogP contribution in [0.15, 0.2) is 47.9 Å². The third-order valence-corrected chi connectivity index (χ3v) is 5.75. The number of benzene rings is 2. The Bertz CT molecular complexity index is 1070. The molecule has 6 nitrogen and oxygen atoms in total. The Morgan fingerprint density at radius 3 is 2.76 bits per heavy atom. The van der Waals surface area contributed by atoms with E-state index in [2.05, 4.69) is 42.3 Å². The number of halogens is 1. The van der Waals surface area contributed by atoms with Crippen molar-refractivity contribution in [2.24, 2.45) is 0 Å². The summed E-state index contributed by atoms with van der Waals surface area (Å²) in [4.78, 5) is 16.9. The molecule has 0 saturated carbocycles. The number of carbonyl (C=O) groups excluding carboxylic acids is 1. The highest BCUT2D eigenvalue weighted by Crippen LogP contribution is 2.38. The van der Waals surface area contributed by atoms with Gasteiger partial charge in [0.25, 0.3) is 0 Å². The van der Waals surface area contributed by atoms with Gasteiger partial charge in [0.15, 0.2) is 16.7 Å². The lowest BCUT2D eigenvalue weighted by Crippen LogP contribution is -2.17. The molecule has 0 radical (unpaired) electrons. The van der Waals surface area contributed by atoms with Crippen LogP contribution in [0.4, 0.5) is 5.69 Å². The number of amides is 1. The average Bonchev–Trinajstić information content (AvgIpc) is 3.17. The number of rotatable bonds is 5. The first kappa shape index (κ1) is 19.7. The highest BCUT2D eigenvalue weighted by Gasteiger charge is 2.17. The van der Waals surface area contributed by atoms with Crippen LogP contribution in [-0.4, -0.2) is 34.4 Å². The Hall–Kier alpha value is -2.64. The number of aromatic nitrogens is 2. The molecule has 3 aromatic rings. The number of aryl methyl sites for hydroxylation is 2. The summed E-state index contributed by atoms with van der Waals surface area (Å²) in [7, 11) is 0. The molecule has 0 bridgehead atoms. The zero-order valence-electron chi connectivity index (χ0n) is 16.1. The molecule has 150 valence electrons. The summed E-state index contributed by atoms with van der Waals surface area (Å²) < 4.78 is 13.0. The molecule has 0 saturated heterocycles. The highest BCUT2D eigenvalue weighted by atomic mass is 35.5. The molecular weight excluding hydrogens is 410 g/mol. The predicted molar refractivity (Wildman–Crippen MR) is 115 cm³/mol. The van der Waals surface area contributed by atoms with E-state index in [9.17, 15) is 4.79 Å². The fourth-order valence-corrected chi connectivity index (χ4v) is 4.00. The molecule has 1 N–H and O–H groups in total. The van der Waals surface area contributed by atoms with Gasteiger partial charge in [0, 0.05) is 24.5 Å². The zero-order chi connectivity index (χ0) is 20.4. The van der Waals surface area contributed by atoms with E-state index in [1.54, 1.807) is 18.3 Å². The third kappa shape index (κ3) is 4.36. The molecule has 0 unspecified atom stereocenters. The largest absolute Gasteiger partial charge is 0.486 e. The third-order valence-electron chi connectivity index (χ3n) is 4.47. The van der Waals surface area contributed by atoms with Gasteiger partial charge in [0.2, 0.25) is 5.91 Å². The summed E-state index contributed by atoms with van der Waals surface area (Å²) in [6, 6.07) is 9.61. The van der Waals surface area contributed by atoms with Gasteiger partial charge in [-0.15, -0.1) is 0 Å². The van der Waals surface area contributed by atoms with Gasteiger partial charge in [-0.1, -0.05) is 35.5 Å². The minimum atomic E-state index is -0.177. The number of nitrogens with zero attached hydrogens (tertiary/aromatic N) is 2. The lowest BCUT2D eigenvalue weighted by Gasteiger charge is -2.20. The Morgan fingerprint density at radius 2 is 1.97 bits per heavy atom. The van der Waals surface area contributed by atoms with Gasteiger partial charge < -0.3 is 14.8 Å². The molecule has 1 aliphatic heterocycles. The lowest BCUT2D eigenvalue weighted by atomic mass is 10.1. The van der Waals surface area contributed by atoms with Gasteiger partial charge in [-0.3, -0.25) is 9.36 Å². The second kappa shape index (κ2) is 8.39. The van der Waals surface area contributed by atoms with Gasteiger partial charge in [-0.2, -0.15) is 0 Å². The van der Waals surface area contributed by atoms with Gasteiger partial charge in [0.05, 0.1) is 22.2 Å². The number of nitrogens with one attached hydrogen (secondary N) is 1. The van der Waals surface area contributed by atoms with Crippen LogP contribution in [0.1, 0.15) is 11.1 Å². The lowest BCUT2D eigenvalue weighted by molar-refractivity contribution is -0.113. The quantitative estimate of drug-likeness (QED) is 0.598. The number of fused-ring (bicyclic) bond motifs is 1. The normalized spacial score (nSPS) is 12.7. The van der Waals surface area contributed by atoms with E-state index in [4.69, 9.17) is 21.1 Å². The van der Waals surface area contributed by atoms with Crippen molar-refractivity contribution < 1.29 is 14.3 Å². The Kier molecular flexibility index (Phi) is 5.69. The molecule has 8 heteroatoms. The maximum absolute atomic E-state index is 12.5. The molecule has 2 heterocycles. The SMILES string of the molecule is Cc1ccc(C)c(-n2ccnc2SCC(=O)Nc2cc3c(cc2Cl)OCCO3)c1. The Labute approximate surface area is 178 Å². The first-order valence-corrected chi connectivity index (χ1v) is 10.5. The summed E-state index contributed by atoms with van der Waals surface area (Å²) in [5.74, 6) is 1.19. The molecule has 0 spiro atoms. The van der Waals surface area contributed by atoms with Crippen molar-refractivity contribution in [3.63, 3.8) is 0 Å². The van der Waals surface area contributed by atoms with Crippen molar-refractivity contribution in [3.8, 4) is 17.2 Å². The fourth-order valence-electron chi connectivity index (χ4n) is 3.04. The minimum Gasteiger partial charge on any atom is -0.486 e. The second-order valence-corrected chi connectivity index (χ2v) is 8.03. The van der Waals surface area contributed by atoms with E-state index in [1.165, 1.54) is 17.3 Å². The predicted octanol–water partition coefficient (Wildman–Crippen LogP) is 4.64. The summed E-state index contributed by atoms with van der Waals surface area (Å²) in [5.41, 5.74) is 3.86. The van der Waals surface area contributed by atoms with E-state index in [-0.39, 0.29) is 11.7 Å². The van der Waals surface area contributed by atoms with Gasteiger partial charge >= 0.3 is 0 Å². The first-order valence-electron chi connectivity index (χ1n) is 9.14. The van der Waals surface area contributed by atoms with E-state index in [0.29, 0.717) is 35.4 Å². The molecule has 0 atom stereocenters.